The Morgan fingerprint density at radius 2 is 1.81 bits per heavy atom. The molecule has 90 valence electrons. The van der Waals surface area contributed by atoms with E-state index in [1.165, 1.54) is 12.1 Å². The van der Waals surface area contributed by atoms with Crippen molar-refractivity contribution in [2.24, 2.45) is 5.92 Å². The fourth-order valence-electron chi connectivity index (χ4n) is 1.32. The lowest BCUT2D eigenvalue weighted by Gasteiger charge is -2.13. The van der Waals surface area contributed by atoms with Crippen LogP contribution in [0.1, 0.15) is 32.8 Å². The standard InChI is InChI=1S/C13H19F2N/c1-4-10(2)9-16-12-7-5-11(6-8-12)13(3,14)15/h5-8,10,16H,4,9H2,1-3H3. The molecule has 0 bridgehead atoms. The fourth-order valence-corrected chi connectivity index (χ4v) is 1.32. The molecule has 0 aliphatic heterocycles. The topological polar surface area (TPSA) is 12.0 Å². The minimum atomic E-state index is -2.75. The number of halogens is 2. The van der Waals surface area contributed by atoms with Crippen LogP contribution in [-0.2, 0) is 5.92 Å². The molecule has 0 amide bonds. The third kappa shape index (κ3) is 3.80. The van der Waals surface area contributed by atoms with Crippen LogP contribution in [0.5, 0.6) is 0 Å². The van der Waals surface area contributed by atoms with Gasteiger partial charge in [0.25, 0.3) is 5.92 Å². The normalized spacial score (nSPS) is 13.6. The molecule has 0 radical (unpaired) electrons. The fraction of sp³-hybridized carbons (Fsp3) is 0.538. The van der Waals surface area contributed by atoms with Gasteiger partial charge in [0, 0.05) is 24.7 Å². The Kier molecular flexibility index (Phi) is 4.27. The van der Waals surface area contributed by atoms with Crippen LogP contribution in [0.4, 0.5) is 14.5 Å². The van der Waals surface area contributed by atoms with Gasteiger partial charge in [-0.3, -0.25) is 0 Å². The maximum Gasteiger partial charge on any atom is 0.270 e. The minimum absolute atomic E-state index is 0.0570. The second-order valence-corrected chi connectivity index (χ2v) is 4.36. The van der Waals surface area contributed by atoms with E-state index in [4.69, 9.17) is 0 Å². The molecule has 16 heavy (non-hydrogen) atoms. The van der Waals surface area contributed by atoms with Gasteiger partial charge in [-0.25, -0.2) is 8.78 Å². The summed E-state index contributed by atoms with van der Waals surface area (Å²) in [6, 6.07) is 6.35. The Hall–Kier alpha value is -1.12. The largest absolute Gasteiger partial charge is 0.385 e. The van der Waals surface area contributed by atoms with Gasteiger partial charge in [0.15, 0.2) is 0 Å². The lowest BCUT2D eigenvalue weighted by molar-refractivity contribution is 0.0175. The Bertz CT molecular complexity index is 314. The molecular formula is C13H19F2N. The van der Waals surface area contributed by atoms with Gasteiger partial charge in [0.1, 0.15) is 0 Å². The van der Waals surface area contributed by atoms with E-state index in [-0.39, 0.29) is 5.56 Å². The monoisotopic (exact) mass is 227 g/mol. The zero-order valence-electron chi connectivity index (χ0n) is 10.1. The SMILES string of the molecule is CCC(C)CNc1ccc(C(C)(F)F)cc1. The van der Waals surface area contributed by atoms with Crippen LogP contribution in [0.15, 0.2) is 24.3 Å². The Labute approximate surface area is 95.9 Å². The molecule has 0 saturated heterocycles. The summed E-state index contributed by atoms with van der Waals surface area (Å²) in [6.45, 7) is 6.07. The molecule has 0 spiro atoms. The molecule has 1 N–H and O–H groups in total. The van der Waals surface area contributed by atoms with Gasteiger partial charge in [0.05, 0.1) is 0 Å². The summed E-state index contributed by atoms with van der Waals surface area (Å²) in [5.41, 5.74) is 0.954. The van der Waals surface area contributed by atoms with Gasteiger partial charge >= 0.3 is 0 Å². The Morgan fingerprint density at radius 3 is 2.25 bits per heavy atom. The van der Waals surface area contributed by atoms with Crippen LogP contribution < -0.4 is 5.32 Å². The Balaban J connectivity index is 2.58. The first-order chi connectivity index (χ1) is 7.43. The lowest BCUT2D eigenvalue weighted by atomic mass is 10.1. The van der Waals surface area contributed by atoms with Crippen molar-refractivity contribution in [3.63, 3.8) is 0 Å². The first-order valence-corrected chi connectivity index (χ1v) is 5.65. The number of anilines is 1. The summed E-state index contributed by atoms with van der Waals surface area (Å²) in [6.07, 6.45) is 1.11. The zero-order valence-corrected chi connectivity index (χ0v) is 10.1. The van der Waals surface area contributed by atoms with E-state index < -0.39 is 5.92 Å². The van der Waals surface area contributed by atoms with Gasteiger partial charge in [-0.15, -0.1) is 0 Å². The van der Waals surface area contributed by atoms with Gasteiger partial charge in [0.2, 0.25) is 0 Å². The molecule has 1 atom stereocenters. The van der Waals surface area contributed by atoms with Crippen molar-refractivity contribution in [1.82, 2.24) is 0 Å². The van der Waals surface area contributed by atoms with Crippen LogP contribution >= 0.6 is 0 Å². The van der Waals surface area contributed by atoms with E-state index >= 15 is 0 Å². The van der Waals surface area contributed by atoms with Crippen molar-refractivity contribution in [3.8, 4) is 0 Å². The van der Waals surface area contributed by atoms with Crippen LogP contribution in [0.3, 0.4) is 0 Å². The van der Waals surface area contributed by atoms with Crippen molar-refractivity contribution in [3.05, 3.63) is 29.8 Å². The summed E-state index contributed by atoms with van der Waals surface area (Å²) in [7, 11) is 0. The Morgan fingerprint density at radius 1 is 1.25 bits per heavy atom. The summed E-state index contributed by atoms with van der Waals surface area (Å²) >= 11 is 0. The summed E-state index contributed by atoms with van der Waals surface area (Å²) < 4.78 is 25.9. The van der Waals surface area contributed by atoms with Crippen molar-refractivity contribution in [1.29, 1.82) is 0 Å². The van der Waals surface area contributed by atoms with Crippen molar-refractivity contribution >= 4 is 5.69 Å². The third-order valence-corrected chi connectivity index (χ3v) is 2.74. The predicted octanol–water partition coefficient (Wildman–Crippen LogP) is 4.26. The second-order valence-electron chi connectivity index (χ2n) is 4.36. The molecule has 1 unspecified atom stereocenters. The van der Waals surface area contributed by atoms with E-state index in [0.717, 1.165) is 25.6 Å². The molecule has 1 aromatic carbocycles. The number of nitrogens with one attached hydrogen (secondary N) is 1. The average molecular weight is 227 g/mol. The third-order valence-electron chi connectivity index (χ3n) is 2.74. The van der Waals surface area contributed by atoms with Gasteiger partial charge in [-0.05, 0) is 18.1 Å². The van der Waals surface area contributed by atoms with Crippen molar-refractivity contribution in [2.75, 3.05) is 11.9 Å². The molecule has 0 aromatic heterocycles. The van der Waals surface area contributed by atoms with Gasteiger partial charge in [-0.2, -0.15) is 0 Å². The molecular weight excluding hydrogens is 208 g/mol. The second kappa shape index (κ2) is 5.28. The predicted molar refractivity (Wildman–Crippen MR) is 64.0 cm³/mol. The number of benzene rings is 1. The van der Waals surface area contributed by atoms with E-state index in [1.807, 2.05) is 0 Å². The van der Waals surface area contributed by atoms with Crippen LogP contribution in [0.25, 0.3) is 0 Å². The van der Waals surface area contributed by atoms with Gasteiger partial charge < -0.3 is 5.32 Å². The molecule has 1 aromatic rings. The van der Waals surface area contributed by atoms with E-state index in [1.54, 1.807) is 12.1 Å². The van der Waals surface area contributed by atoms with Crippen molar-refractivity contribution in [2.45, 2.75) is 33.1 Å². The zero-order chi connectivity index (χ0) is 12.2. The highest BCUT2D eigenvalue weighted by Crippen LogP contribution is 2.27. The number of hydrogen-bond donors (Lipinski definition) is 1. The molecule has 0 fully saturated rings. The number of hydrogen-bond acceptors (Lipinski definition) is 1. The molecule has 0 saturated carbocycles. The quantitative estimate of drug-likeness (QED) is 0.792. The number of rotatable bonds is 5. The molecule has 0 heterocycles. The average Bonchev–Trinajstić information content (AvgIpc) is 2.25. The first kappa shape index (κ1) is 12.9. The summed E-state index contributed by atoms with van der Waals surface area (Å²) in [4.78, 5) is 0. The highest BCUT2D eigenvalue weighted by Gasteiger charge is 2.23. The van der Waals surface area contributed by atoms with E-state index in [0.29, 0.717) is 5.92 Å². The molecule has 0 aliphatic carbocycles. The highest BCUT2D eigenvalue weighted by molar-refractivity contribution is 5.45. The molecule has 3 heteroatoms. The smallest absolute Gasteiger partial charge is 0.270 e. The van der Waals surface area contributed by atoms with E-state index in [9.17, 15) is 8.78 Å². The summed E-state index contributed by atoms with van der Waals surface area (Å²) in [5, 5.41) is 3.23. The summed E-state index contributed by atoms with van der Waals surface area (Å²) in [5.74, 6) is -2.16. The minimum Gasteiger partial charge on any atom is -0.385 e. The lowest BCUT2D eigenvalue weighted by Crippen LogP contribution is -2.11. The highest BCUT2D eigenvalue weighted by atomic mass is 19.3. The molecule has 1 rings (SSSR count). The van der Waals surface area contributed by atoms with Crippen LogP contribution in [-0.4, -0.2) is 6.54 Å². The van der Waals surface area contributed by atoms with Gasteiger partial charge in [-0.1, -0.05) is 32.4 Å². The maximum absolute atomic E-state index is 12.9. The first-order valence-electron chi connectivity index (χ1n) is 5.65. The molecule has 1 nitrogen and oxygen atoms in total. The van der Waals surface area contributed by atoms with Crippen molar-refractivity contribution < 1.29 is 8.78 Å². The molecule has 0 aliphatic rings. The van der Waals surface area contributed by atoms with E-state index in [2.05, 4.69) is 19.2 Å². The maximum atomic E-state index is 12.9. The van der Waals surface area contributed by atoms with Crippen LogP contribution in [0, 0.1) is 5.92 Å². The number of alkyl halides is 2. The van der Waals surface area contributed by atoms with Crippen LogP contribution in [0.2, 0.25) is 0 Å².